The lowest BCUT2D eigenvalue weighted by molar-refractivity contribution is -0.150. The third-order valence-corrected chi connectivity index (χ3v) is 9.12. The molecule has 1 aromatic rings. The summed E-state index contributed by atoms with van der Waals surface area (Å²) < 4.78 is 0. The fourth-order valence-electron chi connectivity index (χ4n) is 7.52. The number of likely N-dealkylation sites (tertiary alicyclic amines) is 1. The van der Waals surface area contributed by atoms with Crippen molar-refractivity contribution in [2.45, 2.75) is 50.8 Å². The highest BCUT2D eigenvalue weighted by atomic mass is 16.3. The average molecular weight is 540 g/mol. The van der Waals surface area contributed by atoms with Crippen molar-refractivity contribution in [3.05, 3.63) is 51.5 Å². The molecule has 0 bridgehead atoms. The van der Waals surface area contributed by atoms with Gasteiger partial charge in [-0.05, 0) is 84.0 Å². The fraction of sp³-hybridized carbons (Fsp3) is 0.552. The molecule has 0 amide bonds. The summed E-state index contributed by atoms with van der Waals surface area (Å²) in [7, 11) is 5.13. The summed E-state index contributed by atoms with van der Waals surface area (Å²) in [6.07, 6.45) is 2.38. The molecule has 210 valence electrons. The zero-order valence-corrected chi connectivity index (χ0v) is 22.9. The minimum Gasteiger partial charge on any atom is -0.510 e. The van der Waals surface area contributed by atoms with Gasteiger partial charge in [-0.25, -0.2) is 0 Å². The molecule has 5 rings (SSSR count). The van der Waals surface area contributed by atoms with Gasteiger partial charge in [0.05, 0.1) is 11.6 Å². The Hall–Kier alpha value is -3.05. The molecule has 1 fully saturated rings. The number of nitrogens with one attached hydrogen (secondary N) is 1. The second-order valence-electron chi connectivity index (χ2n) is 11.8. The maximum Gasteiger partial charge on any atom is 0.209 e. The Bertz CT molecular complexity index is 1330. The molecule has 0 unspecified atom stereocenters. The van der Waals surface area contributed by atoms with E-state index in [0.29, 0.717) is 25.1 Å². The van der Waals surface area contributed by atoms with E-state index >= 15 is 0 Å². The van der Waals surface area contributed by atoms with Crippen LogP contribution in [0.15, 0.2) is 34.8 Å². The van der Waals surface area contributed by atoms with Crippen LogP contribution in [0, 0.1) is 11.3 Å². The molecule has 10 nitrogen and oxygen atoms in total. The van der Waals surface area contributed by atoms with Gasteiger partial charge in [0.25, 0.3) is 0 Å². The number of aliphatic hydroxyl groups excluding tert-OH is 2. The smallest absolute Gasteiger partial charge is 0.209 e. The van der Waals surface area contributed by atoms with Crippen LogP contribution in [0.2, 0.25) is 0 Å². The molecule has 0 aromatic heterocycles. The van der Waals surface area contributed by atoms with E-state index in [9.17, 15) is 34.8 Å². The van der Waals surface area contributed by atoms with Gasteiger partial charge in [0, 0.05) is 30.0 Å². The highest BCUT2D eigenvalue weighted by molar-refractivity contribution is 6.25. The van der Waals surface area contributed by atoms with Crippen LogP contribution in [-0.2, 0) is 22.6 Å². The van der Waals surface area contributed by atoms with E-state index in [1.807, 2.05) is 0 Å². The van der Waals surface area contributed by atoms with Crippen LogP contribution in [0.5, 0.6) is 5.75 Å². The maximum absolute atomic E-state index is 14.3. The van der Waals surface area contributed by atoms with Crippen molar-refractivity contribution < 1.29 is 34.8 Å². The molecule has 1 aromatic carbocycles. The van der Waals surface area contributed by atoms with E-state index < -0.39 is 57.4 Å². The van der Waals surface area contributed by atoms with Gasteiger partial charge in [-0.15, -0.1) is 0 Å². The van der Waals surface area contributed by atoms with Gasteiger partial charge in [-0.2, -0.15) is 0 Å². The minimum absolute atomic E-state index is 0.0565. The maximum atomic E-state index is 14.3. The number of nitrogens with zero attached hydrogens (tertiary/aromatic N) is 2. The number of hydrogen-bond donors (Lipinski definition) is 5. The van der Waals surface area contributed by atoms with Crippen molar-refractivity contribution in [1.29, 1.82) is 0 Å². The largest absolute Gasteiger partial charge is 0.510 e. The van der Waals surface area contributed by atoms with E-state index in [4.69, 9.17) is 0 Å². The Kier molecular flexibility index (Phi) is 6.74. The molecule has 1 aliphatic heterocycles. The highest BCUT2D eigenvalue weighted by Gasteiger charge is 2.66. The molecule has 5 N–H and O–H groups in total. The predicted molar refractivity (Wildman–Crippen MR) is 143 cm³/mol. The number of rotatable bonds is 6. The van der Waals surface area contributed by atoms with E-state index in [1.54, 1.807) is 32.1 Å². The number of phenols is 1. The molecule has 4 aliphatic rings. The molecular weight excluding hydrogens is 502 g/mol. The normalized spacial score (nSPS) is 31.0. The number of carbonyl (C=O) groups excluding carboxylic acids is 3. The van der Waals surface area contributed by atoms with Crippen molar-refractivity contribution in [3.63, 3.8) is 0 Å². The number of ketones is 3. The number of likely N-dealkylation sites (N-methyl/N-ethyl adjacent to an activating group) is 1. The minimum atomic E-state index is -2.59. The number of carbonyl (C=O) groups is 3. The zero-order valence-electron chi connectivity index (χ0n) is 22.9. The lowest BCUT2D eigenvalue weighted by Gasteiger charge is -2.55. The van der Waals surface area contributed by atoms with Crippen LogP contribution in [0.25, 0.3) is 0 Å². The van der Waals surface area contributed by atoms with Gasteiger partial charge in [-0.1, -0.05) is 6.07 Å². The monoisotopic (exact) mass is 539 g/mol. The Morgan fingerprint density at radius 2 is 1.82 bits per heavy atom. The predicted octanol–water partition coefficient (Wildman–Crippen LogP) is 1.41. The summed E-state index contributed by atoms with van der Waals surface area (Å²) in [5, 5.41) is 49.0. The molecular formula is C29H37N3O7. The third-order valence-electron chi connectivity index (χ3n) is 9.12. The summed E-state index contributed by atoms with van der Waals surface area (Å²) in [5.74, 6) is -4.96. The topological polar surface area (TPSA) is 151 Å². The molecule has 3 aliphatic carbocycles. The Labute approximate surface area is 227 Å². The standard InChI is InChI=1S/C29H37N3O7/c1-15(33)20-25(36)23(31(3)4)18-12-28(14-32-9-5-6-10-32)11-17-16(13-30-2)7-8-19(34)21(17)24(35)22(28)27(38)29(18,39)26(20)37/h7-8,18,23,30,34,36,38-39H,5-6,9-14H2,1-4H3/t18-,23-,28-,29+/m0/s1. The summed E-state index contributed by atoms with van der Waals surface area (Å²) in [5.41, 5.74) is -2.69. The van der Waals surface area contributed by atoms with E-state index in [1.165, 1.54) is 6.07 Å². The Morgan fingerprint density at radius 1 is 1.15 bits per heavy atom. The third kappa shape index (κ3) is 3.88. The molecule has 4 atom stereocenters. The second kappa shape index (κ2) is 9.55. The summed E-state index contributed by atoms with van der Waals surface area (Å²) in [4.78, 5) is 44.3. The molecule has 0 saturated carbocycles. The van der Waals surface area contributed by atoms with Gasteiger partial charge in [-0.3, -0.25) is 19.3 Å². The quantitative estimate of drug-likeness (QED) is 0.336. The van der Waals surface area contributed by atoms with Crippen LogP contribution in [-0.4, -0.2) is 100.0 Å². The first-order valence-electron chi connectivity index (χ1n) is 13.5. The van der Waals surface area contributed by atoms with Gasteiger partial charge >= 0.3 is 0 Å². The second-order valence-corrected chi connectivity index (χ2v) is 11.8. The summed E-state index contributed by atoms with van der Waals surface area (Å²) >= 11 is 0. The fourth-order valence-corrected chi connectivity index (χ4v) is 7.52. The van der Waals surface area contributed by atoms with Gasteiger partial charge in [0.2, 0.25) is 5.78 Å². The first-order valence-corrected chi connectivity index (χ1v) is 13.5. The van der Waals surface area contributed by atoms with Crippen LogP contribution < -0.4 is 5.32 Å². The van der Waals surface area contributed by atoms with Crippen molar-refractivity contribution in [2.24, 2.45) is 11.3 Å². The van der Waals surface area contributed by atoms with Crippen molar-refractivity contribution >= 4 is 17.3 Å². The first-order chi connectivity index (χ1) is 18.4. The lowest BCUT2D eigenvalue weighted by atomic mass is 9.52. The van der Waals surface area contributed by atoms with E-state index in [2.05, 4.69) is 10.2 Å². The molecule has 1 saturated heterocycles. The van der Waals surface area contributed by atoms with E-state index in [0.717, 1.165) is 38.4 Å². The lowest BCUT2D eigenvalue weighted by Crippen LogP contribution is -2.66. The number of benzene rings is 1. The molecule has 0 radical (unpaired) electrons. The van der Waals surface area contributed by atoms with Crippen LogP contribution >= 0.6 is 0 Å². The van der Waals surface area contributed by atoms with Crippen LogP contribution in [0.1, 0.15) is 47.7 Å². The number of fused-ring (bicyclic) bond motifs is 3. The molecule has 39 heavy (non-hydrogen) atoms. The van der Waals surface area contributed by atoms with Gasteiger partial charge < -0.3 is 30.6 Å². The molecule has 1 heterocycles. The average Bonchev–Trinajstić information content (AvgIpc) is 3.35. The van der Waals surface area contributed by atoms with Crippen LogP contribution in [0.3, 0.4) is 0 Å². The van der Waals surface area contributed by atoms with Crippen LogP contribution in [0.4, 0.5) is 0 Å². The van der Waals surface area contributed by atoms with Crippen molar-refractivity contribution in [2.75, 3.05) is 40.8 Å². The Morgan fingerprint density at radius 3 is 2.41 bits per heavy atom. The van der Waals surface area contributed by atoms with Crippen molar-refractivity contribution in [1.82, 2.24) is 15.1 Å². The highest BCUT2D eigenvalue weighted by Crippen LogP contribution is 2.58. The number of aliphatic hydroxyl groups is 3. The van der Waals surface area contributed by atoms with E-state index in [-0.39, 0.29) is 23.3 Å². The number of hydrogen-bond acceptors (Lipinski definition) is 10. The number of aromatic hydroxyl groups is 1. The van der Waals surface area contributed by atoms with Gasteiger partial charge in [0.1, 0.15) is 22.8 Å². The summed E-state index contributed by atoms with van der Waals surface area (Å²) in [6, 6.07) is 2.26. The van der Waals surface area contributed by atoms with Crippen molar-refractivity contribution in [3.8, 4) is 5.75 Å². The first kappa shape index (κ1) is 27.5. The summed E-state index contributed by atoms with van der Waals surface area (Å²) in [6.45, 7) is 3.60. The SMILES string of the molecule is CNCc1ccc(O)c2c1C[C@@]1(CN3CCCC3)C[C@H]3[C@H](N(C)C)C(O)=C(C(C)=O)C(=O)[C@@]3(O)C(O)=C1C2=O. The molecule has 10 heteroatoms. The number of Topliss-reactive ketones (excluding diaryl/α,β-unsaturated/α-hetero) is 3. The zero-order chi connectivity index (χ0) is 28.4. The molecule has 0 spiro atoms. The van der Waals surface area contributed by atoms with Gasteiger partial charge in [0.15, 0.2) is 17.2 Å². The number of phenolic OH excluding ortho intramolecular Hbond substituents is 1. The Balaban J connectivity index is 1.81.